The van der Waals surface area contributed by atoms with Crippen LogP contribution in [0.2, 0.25) is 0 Å². The van der Waals surface area contributed by atoms with Crippen LogP contribution in [0.1, 0.15) is 48.9 Å². The largest absolute Gasteiger partial charge is 0.380 e. The van der Waals surface area contributed by atoms with Crippen LogP contribution in [0.4, 0.5) is 0 Å². The fourth-order valence-corrected chi connectivity index (χ4v) is 3.73. The van der Waals surface area contributed by atoms with Crippen LogP contribution in [-0.4, -0.2) is 39.6 Å². The second kappa shape index (κ2) is 6.15. The fourth-order valence-electron chi connectivity index (χ4n) is 2.83. The fraction of sp³-hybridized carbons (Fsp3) is 0.769. The van der Waals surface area contributed by atoms with Gasteiger partial charge >= 0.3 is 0 Å². The Balaban J connectivity index is 1.82. The van der Waals surface area contributed by atoms with Gasteiger partial charge in [-0.05, 0) is 12.8 Å². The second-order valence-electron chi connectivity index (χ2n) is 5.38. The zero-order chi connectivity index (χ0) is 13.9. The summed E-state index contributed by atoms with van der Waals surface area (Å²) in [5, 5.41) is 14.3. The predicted octanol–water partition coefficient (Wildman–Crippen LogP) is 1.75. The van der Waals surface area contributed by atoms with Gasteiger partial charge in [0.15, 0.2) is 5.82 Å². The molecule has 0 bridgehead atoms. The van der Waals surface area contributed by atoms with Crippen molar-refractivity contribution in [3.63, 3.8) is 0 Å². The highest BCUT2D eigenvalue weighted by Crippen LogP contribution is 2.32. The van der Waals surface area contributed by atoms with Crippen molar-refractivity contribution >= 4 is 16.3 Å². The summed E-state index contributed by atoms with van der Waals surface area (Å²) in [4.78, 5) is 0.882. The van der Waals surface area contributed by atoms with Crippen LogP contribution in [0.5, 0.6) is 0 Å². The Labute approximate surface area is 122 Å². The molecule has 1 unspecified atom stereocenters. The summed E-state index contributed by atoms with van der Waals surface area (Å²) >= 11 is 1.58. The van der Waals surface area contributed by atoms with Gasteiger partial charge in [0.2, 0.25) is 4.96 Å². The number of rotatable bonds is 5. The van der Waals surface area contributed by atoms with Crippen molar-refractivity contribution in [2.24, 2.45) is 5.73 Å². The molecule has 0 amide bonds. The third-order valence-corrected chi connectivity index (χ3v) is 4.95. The number of aromatic nitrogens is 4. The quantitative estimate of drug-likeness (QED) is 0.909. The summed E-state index contributed by atoms with van der Waals surface area (Å²) in [6, 6.07) is 0. The van der Waals surface area contributed by atoms with Gasteiger partial charge in [-0.2, -0.15) is 9.61 Å². The van der Waals surface area contributed by atoms with Gasteiger partial charge in [0.25, 0.3) is 0 Å². The molecule has 2 aromatic heterocycles. The van der Waals surface area contributed by atoms with Gasteiger partial charge in [0.05, 0.1) is 6.10 Å². The zero-order valence-electron chi connectivity index (χ0n) is 11.8. The van der Waals surface area contributed by atoms with Gasteiger partial charge in [0.1, 0.15) is 5.01 Å². The first kappa shape index (κ1) is 13.9. The highest BCUT2D eigenvalue weighted by atomic mass is 32.1. The lowest BCUT2D eigenvalue weighted by Crippen LogP contribution is -2.24. The van der Waals surface area contributed by atoms with Crippen molar-refractivity contribution in [1.82, 2.24) is 19.8 Å². The summed E-state index contributed by atoms with van der Waals surface area (Å²) in [5.74, 6) is 1.55. The van der Waals surface area contributed by atoms with Gasteiger partial charge in [0, 0.05) is 26.0 Å². The smallest absolute Gasteiger partial charge is 0.234 e. The van der Waals surface area contributed by atoms with Gasteiger partial charge in [-0.3, -0.25) is 0 Å². The number of ether oxygens (including phenoxy) is 1. The molecule has 0 saturated heterocycles. The van der Waals surface area contributed by atoms with E-state index in [-0.39, 0.29) is 6.10 Å². The predicted molar refractivity (Wildman–Crippen MR) is 78.0 cm³/mol. The molecule has 7 heteroatoms. The molecule has 0 spiro atoms. The molecule has 2 N–H and O–H groups in total. The summed E-state index contributed by atoms with van der Waals surface area (Å²) in [6.45, 7) is 0.506. The third-order valence-electron chi connectivity index (χ3n) is 4.03. The average Bonchev–Trinajstić information content (AvgIpc) is 3.05. The third kappa shape index (κ3) is 2.70. The Morgan fingerprint density at radius 1 is 1.35 bits per heavy atom. The van der Waals surface area contributed by atoms with Crippen LogP contribution in [-0.2, 0) is 11.2 Å². The topological polar surface area (TPSA) is 78.3 Å². The number of nitrogens with two attached hydrogens (primary N) is 1. The Hall–Kier alpha value is -1.05. The number of hydrogen-bond donors (Lipinski definition) is 1. The van der Waals surface area contributed by atoms with Crippen molar-refractivity contribution < 1.29 is 4.74 Å². The Bertz CT molecular complexity index is 556. The minimum Gasteiger partial charge on any atom is -0.380 e. The maximum absolute atomic E-state index is 5.66. The van der Waals surface area contributed by atoms with Crippen LogP contribution >= 0.6 is 11.3 Å². The van der Waals surface area contributed by atoms with E-state index in [9.17, 15) is 0 Å². The van der Waals surface area contributed by atoms with Crippen LogP contribution in [0, 0.1) is 0 Å². The zero-order valence-corrected chi connectivity index (χ0v) is 12.6. The Morgan fingerprint density at radius 3 is 2.85 bits per heavy atom. The van der Waals surface area contributed by atoms with E-state index in [1.54, 1.807) is 18.4 Å². The number of fused-ring (bicyclic) bond motifs is 1. The van der Waals surface area contributed by atoms with Crippen molar-refractivity contribution in [1.29, 1.82) is 0 Å². The molecule has 6 nitrogen and oxygen atoms in total. The lowest BCUT2D eigenvalue weighted by molar-refractivity contribution is 0.110. The molecule has 0 aromatic carbocycles. The van der Waals surface area contributed by atoms with Crippen LogP contribution in [0.25, 0.3) is 4.96 Å². The van der Waals surface area contributed by atoms with Crippen LogP contribution < -0.4 is 5.73 Å². The first-order valence-electron chi connectivity index (χ1n) is 7.25. The molecule has 3 rings (SSSR count). The van der Waals surface area contributed by atoms with Crippen molar-refractivity contribution in [3.8, 4) is 0 Å². The van der Waals surface area contributed by atoms with Gasteiger partial charge in [-0.25, -0.2) is 0 Å². The average molecular weight is 295 g/mol. The maximum atomic E-state index is 5.66. The molecular formula is C13H21N5OS. The Kier molecular flexibility index (Phi) is 4.28. The SMILES string of the molecule is COC(CN)Cc1nn2c(C3CCCCC3)nnc2s1. The minimum atomic E-state index is 0.0249. The van der Waals surface area contributed by atoms with Crippen molar-refractivity contribution in [2.45, 2.75) is 50.5 Å². The maximum Gasteiger partial charge on any atom is 0.234 e. The number of methoxy groups -OCH3 is 1. The summed E-state index contributed by atoms with van der Waals surface area (Å²) < 4.78 is 7.25. The van der Waals surface area contributed by atoms with Crippen molar-refractivity contribution in [2.75, 3.05) is 13.7 Å². The van der Waals surface area contributed by atoms with E-state index in [1.807, 2.05) is 4.52 Å². The lowest BCUT2D eigenvalue weighted by atomic mass is 9.89. The first-order valence-corrected chi connectivity index (χ1v) is 8.07. The molecule has 0 aliphatic heterocycles. The highest BCUT2D eigenvalue weighted by Gasteiger charge is 2.23. The molecule has 0 radical (unpaired) electrons. The van der Waals surface area contributed by atoms with E-state index >= 15 is 0 Å². The second-order valence-corrected chi connectivity index (χ2v) is 6.42. The van der Waals surface area contributed by atoms with E-state index in [1.165, 1.54) is 32.1 Å². The summed E-state index contributed by atoms with van der Waals surface area (Å²) in [5.41, 5.74) is 5.66. The molecule has 1 fully saturated rings. The Morgan fingerprint density at radius 2 is 2.15 bits per heavy atom. The minimum absolute atomic E-state index is 0.0249. The molecule has 2 heterocycles. The van der Waals surface area contributed by atoms with Gasteiger partial charge in [-0.15, -0.1) is 10.2 Å². The van der Waals surface area contributed by atoms with Crippen LogP contribution in [0.3, 0.4) is 0 Å². The lowest BCUT2D eigenvalue weighted by Gasteiger charge is -2.18. The normalized spacial score (nSPS) is 18.7. The molecule has 1 atom stereocenters. The molecule has 1 saturated carbocycles. The number of hydrogen-bond acceptors (Lipinski definition) is 6. The van der Waals surface area contributed by atoms with E-state index in [0.29, 0.717) is 12.5 Å². The van der Waals surface area contributed by atoms with Crippen LogP contribution in [0.15, 0.2) is 0 Å². The monoisotopic (exact) mass is 295 g/mol. The van der Waals surface area contributed by atoms with E-state index < -0.39 is 0 Å². The van der Waals surface area contributed by atoms with Gasteiger partial charge < -0.3 is 10.5 Å². The summed E-state index contributed by atoms with van der Waals surface area (Å²) in [7, 11) is 1.69. The van der Waals surface area contributed by atoms with E-state index in [4.69, 9.17) is 10.5 Å². The first-order chi connectivity index (χ1) is 9.81. The highest BCUT2D eigenvalue weighted by molar-refractivity contribution is 7.16. The standard InChI is InChI=1S/C13H21N5OS/c1-19-10(8-14)7-11-17-18-12(15-16-13(18)20-11)9-5-3-2-4-6-9/h9-10H,2-8,14H2,1H3. The molecule has 2 aromatic rings. The van der Waals surface area contributed by atoms with Gasteiger partial charge in [-0.1, -0.05) is 30.6 Å². The molecule has 110 valence electrons. The van der Waals surface area contributed by atoms with E-state index in [0.717, 1.165) is 22.2 Å². The molecule has 1 aliphatic carbocycles. The van der Waals surface area contributed by atoms with Crippen molar-refractivity contribution in [3.05, 3.63) is 10.8 Å². The molecule has 20 heavy (non-hydrogen) atoms. The van der Waals surface area contributed by atoms with E-state index in [2.05, 4.69) is 15.3 Å². The molecule has 1 aliphatic rings. The molecular weight excluding hydrogens is 274 g/mol. The number of nitrogens with zero attached hydrogens (tertiary/aromatic N) is 4. The summed E-state index contributed by atoms with van der Waals surface area (Å²) in [6.07, 6.45) is 7.09.